The second-order valence-corrected chi connectivity index (χ2v) is 8.27. The summed E-state index contributed by atoms with van der Waals surface area (Å²) in [6, 6.07) is 0. The molecule has 1 fully saturated rings. The molecule has 1 aromatic rings. The van der Waals surface area contributed by atoms with E-state index < -0.39 is 10.0 Å². The van der Waals surface area contributed by atoms with Crippen molar-refractivity contribution in [2.24, 2.45) is 5.92 Å². The van der Waals surface area contributed by atoms with Crippen LogP contribution in [-0.4, -0.2) is 56.5 Å². The lowest BCUT2D eigenvalue weighted by atomic mass is 9.99. The minimum absolute atomic E-state index is 0.0861. The van der Waals surface area contributed by atoms with Crippen LogP contribution < -0.4 is 10.6 Å². The summed E-state index contributed by atoms with van der Waals surface area (Å²) in [5, 5.41) is 9.84. The Morgan fingerprint density at radius 2 is 2.08 bits per heavy atom. The fourth-order valence-corrected chi connectivity index (χ4v) is 4.88. The second kappa shape index (κ2) is 8.77. The van der Waals surface area contributed by atoms with Gasteiger partial charge >= 0.3 is 0 Å². The summed E-state index contributed by atoms with van der Waals surface area (Å²) >= 11 is 0. The predicted octanol–water partition coefficient (Wildman–Crippen LogP) is 0.808. The smallest absolute Gasteiger partial charge is 0.248 e. The lowest BCUT2D eigenvalue weighted by Crippen LogP contribution is -2.46. The van der Waals surface area contributed by atoms with Crippen LogP contribution in [0.15, 0.2) is 9.42 Å². The van der Waals surface area contributed by atoms with Crippen LogP contribution in [0.2, 0.25) is 0 Å². The number of aromatic nitrogens is 1. The Labute approximate surface area is 149 Å². The van der Waals surface area contributed by atoms with Crippen molar-refractivity contribution in [3.05, 3.63) is 11.5 Å². The summed E-state index contributed by atoms with van der Waals surface area (Å²) in [7, 11) is -3.69. The SMILES string of the molecule is CCCNCCNC(=O)C1CCCN(S(=O)(=O)c2c(C)noc2C)C1. The van der Waals surface area contributed by atoms with Crippen LogP contribution in [-0.2, 0) is 14.8 Å². The third-order valence-electron chi connectivity index (χ3n) is 4.35. The highest BCUT2D eigenvalue weighted by Crippen LogP contribution is 2.27. The number of sulfonamides is 1. The molecule has 1 aromatic heterocycles. The van der Waals surface area contributed by atoms with Gasteiger partial charge in [-0.1, -0.05) is 12.1 Å². The monoisotopic (exact) mass is 372 g/mol. The molecule has 1 amide bonds. The number of nitrogens with one attached hydrogen (secondary N) is 2. The van der Waals surface area contributed by atoms with Crippen LogP contribution in [0.4, 0.5) is 0 Å². The minimum Gasteiger partial charge on any atom is -0.360 e. The Morgan fingerprint density at radius 3 is 2.72 bits per heavy atom. The van der Waals surface area contributed by atoms with Crippen LogP contribution in [0.1, 0.15) is 37.6 Å². The molecule has 2 heterocycles. The van der Waals surface area contributed by atoms with Gasteiger partial charge in [0.25, 0.3) is 0 Å². The van der Waals surface area contributed by atoms with E-state index in [1.807, 2.05) is 0 Å². The van der Waals surface area contributed by atoms with Crippen LogP contribution >= 0.6 is 0 Å². The van der Waals surface area contributed by atoms with Gasteiger partial charge < -0.3 is 15.2 Å². The van der Waals surface area contributed by atoms with E-state index in [9.17, 15) is 13.2 Å². The molecular weight excluding hydrogens is 344 g/mol. The minimum atomic E-state index is -3.69. The van der Waals surface area contributed by atoms with Crippen molar-refractivity contribution in [3.63, 3.8) is 0 Å². The van der Waals surface area contributed by atoms with Crippen LogP contribution in [0.3, 0.4) is 0 Å². The Hall–Kier alpha value is -1.45. The number of carbonyl (C=O) groups excluding carboxylic acids is 1. The van der Waals surface area contributed by atoms with Crippen LogP contribution in [0, 0.1) is 19.8 Å². The number of carbonyl (C=O) groups is 1. The molecule has 1 aliphatic heterocycles. The molecule has 0 radical (unpaired) electrons. The summed E-state index contributed by atoms with van der Waals surface area (Å²) in [6.07, 6.45) is 2.40. The Bertz CT molecular complexity index is 667. The maximum atomic E-state index is 12.9. The normalized spacial score (nSPS) is 19.1. The molecule has 0 bridgehead atoms. The van der Waals surface area contributed by atoms with E-state index >= 15 is 0 Å². The van der Waals surface area contributed by atoms with Gasteiger partial charge in [0.2, 0.25) is 15.9 Å². The third kappa shape index (κ3) is 4.80. The Morgan fingerprint density at radius 1 is 1.32 bits per heavy atom. The molecule has 25 heavy (non-hydrogen) atoms. The molecule has 0 saturated carbocycles. The quantitative estimate of drug-likeness (QED) is 0.654. The second-order valence-electron chi connectivity index (χ2n) is 6.40. The summed E-state index contributed by atoms with van der Waals surface area (Å²) in [5.41, 5.74) is 0.353. The highest BCUT2D eigenvalue weighted by atomic mass is 32.2. The van der Waals surface area contributed by atoms with E-state index in [1.54, 1.807) is 13.8 Å². The first-order chi connectivity index (χ1) is 11.9. The van der Waals surface area contributed by atoms with Gasteiger partial charge in [0, 0.05) is 26.2 Å². The molecule has 9 heteroatoms. The van der Waals surface area contributed by atoms with Gasteiger partial charge in [-0.2, -0.15) is 4.31 Å². The van der Waals surface area contributed by atoms with E-state index in [-0.39, 0.29) is 29.0 Å². The molecule has 1 aliphatic rings. The van der Waals surface area contributed by atoms with Gasteiger partial charge in [-0.25, -0.2) is 8.42 Å². The van der Waals surface area contributed by atoms with E-state index in [2.05, 4.69) is 22.7 Å². The maximum absolute atomic E-state index is 12.9. The molecule has 1 unspecified atom stereocenters. The fourth-order valence-electron chi connectivity index (χ4n) is 3.07. The molecule has 2 N–H and O–H groups in total. The number of rotatable bonds is 8. The van der Waals surface area contributed by atoms with Crippen molar-refractivity contribution in [2.75, 3.05) is 32.7 Å². The van der Waals surface area contributed by atoms with Crippen LogP contribution in [0.25, 0.3) is 0 Å². The standard InChI is InChI=1S/C16H28N4O4S/c1-4-7-17-8-9-18-16(21)14-6-5-10-20(11-14)25(22,23)15-12(2)19-24-13(15)3/h14,17H,4-11H2,1-3H3,(H,18,21). The summed E-state index contributed by atoms with van der Waals surface area (Å²) in [5.74, 6) is -0.127. The molecule has 0 aromatic carbocycles. The van der Waals surface area contributed by atoms with Crippen molar-refractivity contribution < 1.29 is 17.7 Å². The molecule has 2 rings (SSSR count). The predicted molar refractivity (Wildman–Crippen MR) is 93.6 cm³/mol. The molecule has 1 saturated heterocycles. The highest BCUT2D eigenvalue weighted by molar-refractivity contribution is 7.89. The van der Waals surface area contributed by atoms with E-state index in [1.165, 1.54) is 4.31 Å². The zero-order valence-electron chi connectivity index (χ0n) is 15.2. The lowest BCUT2D eigenvalue weighted by Gasteiger charge is -2.31. The zero-order chi connectivity index (χ0) is 18.4. The van der Waals surface area contributed by atoms with Gasteiger partial charge in [0.05, 0.1) is 5.92 Å². The van der Waals surface area contributed by atoms with Gasteiger partial charge in [-0.3, -0.25) is 4.79 Å². The molecule has 1 atom stereocenters. The van der Waals surface area contributed by atoms with E-state index in [0.717, 1.165) is 13.0 Å². The summed E-state index contributed by atoms with van der Waals surface area (Å²) in [6.45, 7) is 8.07. The van der Waals surface area contributed by atoms with Crippen molar-refractivity contribution in [2.45, 2.75) is 44.9 Å². The van der Waals surface area contributed by atoms with Gasteiger partial charge in [-0.15, -0.1) is 0 Å². The number of hydrogen-bond donors (Lipinski definition) is 2. The summed E-state index contributed by atoms with van der Waals surface area (Å²) in [4.78, 5) is 12.5. The van der Waals surface area contributed by atoms with Crippen molar-refractivity contribution in [1.82, 2.24) is 20.1 Å². The highest BCUT2D eigenvalue weighted by Gasteiger charge is 2.36. The van der Waals surface area contributed by atoms with Gasteiger partial charge in [0.1, 0.15) is 10.6 Å². The summed E-state index contributed by atoms with van der Waals surface area (Å²) < 4.78 is 32.1. The van der Waals surface area contributed by atoms with E-state index in [4.69, 9.17) is 4.52 Å². The number of aryl methyl sites for hydroxylation is 2. The molecule has 142 valence electrons. The largest absolute Gasteiger partial charge is 0.360 e. The zero-order valence-corrected chi connectivity index (χ0v) is 16.0. The average molecular weight is 372 g/mol. The number of piperidine rings is 1. The number of amides is 1. The molecule has 8 nitrogen and oxygen atoms in total. The topological polar surface area (TPSA) is 105 Å². The first-order valence-electron chi connectivity index (χ1n) is 8.79. The lowest BCUT2D eigenvalue weighted by molar-refractivity contribution is -0.126. The first-order valence-corrected chi connectivity index (χ1v) is 10.2. The maximum Gasteiger partial charge on any atom is 0.248 e. The van der Waals surface area contributed by atoms with Crippen molar-refractivity contribution in [3.8, 4) is 0 Å². The number of hydrogen-bond acceptors (Lipinski definition) is 6. The first kappa shape index (κ1) is 19.9. The van der Waals surface area contributed by atoms with Crippen LogP contribution in [0.5, 0.6) is 0 Å². The van der Waals surface area contributed by atoms with Gasteiger partial charge in [-0.05, 0) is 39.7 Å². The third-order valence-corrected chi connectivity index (χ3v) is 6.46. The Kier molecular flexibility index (Phi) is 6.97. The van der Waals surface area contributed by atoms with E-state index in [0.29, 0.717) is 38.2 Å². The Balaban J connectivity index is 1.97. The fraction of sp³-hybridized carbons (Fsp3) is 0.750. The van der Waals surface area contributed by atoms with Crippen molar-refractivity contribution >= 4 is 15.9 Å². The number of nitrogens with zero attached hydrogens (tertiary/aromatic N) is 2. The average Bonchev–Trinajstić information content (AvgIpc) is 2.94. The molecule has 0 spiro atoms. The molecule has 0 aliphatic carbocycles. The van der Waals surface area contributed by atoms with Gasteiger partial charge in [0.15, 0.2) is 5.76 Å². The van der Waals surface area contributed by atoms with Crippen molar-refractivity contribution in [1.29, 1.82) is 0 Å². The molecular formula is C16H28N4O4S.